The molecule has 2 amide bonds. The average molecular weight is 357 g/mol. The van der Waals surface area contributed by atoms with Gasteiger partial charge in [-0.1, -0.05) is 30.3 Å². The number of rotatable bonds is 4. The van der Waals surface area contributed by atoms with Gasteiger partial charge in [-0.2, -0.15) is 0 Å². The van der Waals surface area contributed by atoms with Gasteiger partial charge in [0.25, 0.3) is 11.8 Å². The van der Waals surface area contributed by atoms with Crippen molar-refractivity contribution in [2.24, 2.45) is 0 Å². The topological polar surface area (TPSA) is 79.5 Å². The van der Waals surface area contributed by atoms with Crippen LogP contribution in [0.5, 0.6) is 5.75 Å². The lowest BCUT2D eigenvalue weighted by Crippen LogP contribution is -2.49. The van der Waals surface area contributed by atoms with Gasteiger partial charge < -0.3 is 4.74 Å². The Morgan fingerprint density at radius 2 is 1.72 bits per heavy atom. The predicted molar refractivity (Wildman–Crippen MR) is 99.2 cm³/mol. The fraction of sp³-hybridized carbons (Fsp3) is 0.167. The van der Waals surface area contributed by atoms with Gasteiger partial charge in [0.05, 0.1) is 0 Å². The van der Waals surface area contributed by atoms with Gasteiger partial charge in [-0.3, -0.25) is 25.8 Å². The molecule has 0 bridgehead atoms. The fourth-order valence-corrected chi connectivity index (χ4v) is 2.13. The number of carbonyl (C=O) groups excluding carboxylic acids is 2. The van der Waals surface area contributed by atoms with E-state index < -0.39 is 5.91 Å². The zero-order valence-electron chi connectivity index (χ0n) is 14.0. The first-order valence-electron chi connectivity index (χ1n) is 7.61. The van der Waals surface area contributed by atoms with E-state index in [0.717, 1.165) is 11.1 Å². The Balaban J connectivity index is 1.75. The van der Waals surface area contributed by atoms with Crippen LogP contribution < -0.4 is 20.9 Å². The van der Waals surface area contributed by atoms with Crippen LogP contribution >= 0.6 is 12.2 Å². The molecule has 25 heavy (non-hydrogen) atoms. The number of hydrazine groups is 1. The summed E-state index contributed by atoms with van der Waals surface area (Å²) in [6.07, 6.45) is 0. The summed E-state index contributed by atoms with van der Waals surface area (Å²) in [5.41, 5.74) is 7.37. The highest BCUT2D eigenvalue weighted by Crippen LogP contribution is 2.20. The van der Waals surface area contributed by atoms with Crippen molar-refractivity contribution >= 4 is 29.1 Å². The van der Waals surface area contributed by atoms with E-state index >= 15 is 0 Å². The number of benzene rings is 2. The molecule has 0 unspecified atom stereocenters. The molecule has 0 aliphatic heterocycles. The number of ether oxygens (including phenoxy) is 1. The highest BCUT2D eigenvalue weighted by molar-refractivity contribution is 7.80. The van der Waals surface area contributed by atoms with E-state index in [4.69, 9.17) is 17.0 Å². The van der Waals surface area contributed by atoms with E-state index in [1.165, 1.54) is 0 Å². The smallest absolute Gasteiger partial charge is 0.276 e. The number of hydrogen-bond acceptors (Lipinski definition) is 4. The summed E-state index contributed by atoms with van der Waals surface area (Å²) in [4.78, 5) is 23.7. The number of hydrogen-bond donors (Lipinski definition) is 3. The van der Waals surface area contributed by atoms with E-state index in [1.54, 1.807) is 30.3 Å². The Morgan fingerprint density at radius 3 is 2.44 bits per heavy atom. The standard InChI is InChI=1S/C18H19N3O3S/c1-12-7-6-10-15(13(12)2)24-11-16(22)20-21-18(25)19-17(23)14-8-4-3-5-9-14/h3-10H,11H2,1-2H3,(H,20,22)(H2,19,21,23,25). The molecular weight excluding hydrogens is 338 g/mol. The van der Waals surface area contributed by atoms with Gasteiger partial charge in [0.1, 0.15) is 5.75 Å². The van der Waals surface area contributed by atoms with Crippen molar-refractivity contribution in [2.45, 2.75) is 13.8 Å². The highest BCUT2D eigenvalue weighted by atomic mass is 32.1. The van der Waals surface area contributed by atoms with Crippen LogP contribution in [0.3, 0.4) is 0 Å². The molecule has 2 rings (SSSR count). The fourth-order valence-electron chi connectivity index (χ4n) is 1.98. The minimum absolute atomic E-state index is 0.00561. The molecule has 0 fully saturated rings. The summed E-state index contributed by atoms with van der Waals surface area (Å²) in [7, 11) is 0. The number of amides is 2. The van der Waals surface area contributed by atoms with Gasteiger partial charge in [-0.05, 0) is 55.4 Å². The van der Waals surface area contributed by atoms with Gasteiger partial charge in [-0.15, -0.1) is 0 Å². The summed E-state index contributed by atoms with van der Waals surface area (Å²) in [6.45, 7) is 3.72. The zero-order valence-corrected chi connectivity index (χ0v) is 14.8. The summed E-state index contributed by atoms with van der Waals surface area (Å²) in [5, 5.41) is 2.46. The number of aryl methyl sites for hydroxylation is 1. The van der Waals surface area contributed by atoms with Crippen molar-refractivity contribution < 1.29 is 14.3 Å². The maximum atomic E-state index is 11.9. The maximum absolute atomic E-state index is 11.9. The molecule has 0 atom stereocenters. The van der Waals surface area contributed by atoms with Crippen LogP contribution in [0.1, 0.15) is 21.5 Å². The van der Waals surface area contributed by atoms with E-state index in [0.29, 0.717) is 11.3 Å². The number of thiocarbonyl (C=S) groups is 1. The quantitative estimate of drug-likeness (QED) is 0.576. The van der Waals surface area contributed by atoms with Gasteiger partial charge >= 0.3 is 0 Å². The first-order chi connectivity index (χ1) is 12.0. The predicted octanol–water partition coefficient (Wildman–Crippen LogP) is 2.02. The third kappa shape index (κ3) is 5.58. The van der Waals surface area contributed by atoms with Gasteiger partial charge in [0.2, 0.25) is 0 Å². The zero-order chi connectivity index (χ0) is 18.2. The molecule has 130 valence electrons. The van der Waals surface area contributed by atoms with Crippen LogP contribution in [0.4, 0.5) is 0 Å². The molecule has 2 aromatic rings. The summed E-state index contributed by atoms with van der Waals surface area (Å²) < 4.78 is 5.48. The third-order valence-corrected chi connectivity index (χ3v) is 3.70. The van der Waals surface area contributed by atoms with Crippen molar-refractivity contribution in [3.8, 4) is 5.75 Å². The minimum atomic E-state index is -0.419. The second kappa shape index (κ2) is 8.79. The molecule has 2 aromatic carbocycles. The summed E-state index contributed by atoms with van der Waals surface area (Å²) in [5.74, 6) is -0.133. The van der Waals surface area contributed by atoms with Crippen molar-refractivity contribution in [1.29, 1.82) is 0 Å². The molecule has 0 heterocycles. The minimum Gasteiger partial charge on any atom is -0.483 e. The second-order valence-electron chi connectivity index (χ2n) is 5.31. The van der Waals surface area contributed by atoms with E-state index in [-0.39, 0.29) is 17.6 Å². The number of carbonyl (C=O) groups is 2. The van der Waals surface area contributed by atoms with Crippen LogP contribution in [0.2, 0.25) is 0 Å². The van der Waals surface area contributed by atoms with Crippen molar-refractivity contribution in [1.82, 2.24) is 16.2 Å². The molecule has 0 spiro atoms. The SMILES string of the molecule is Cc1cccc(OCC(=O)NNC(=S)NC(=O)c2ccccc2)c1C. The molecule has 6 nitrogen and oxygen atoms in total. The van der Waals surface area contributed by atoms with Crippen LogP contribution in [-0.4, -0.2) is 23.5 Å². The molecule has 0 saturated carbocycles. The van der Waals surface area contributed by atoms with Crippen LogP contribution in [0.15, 0.2) is 48.5 Å². The molecule has 7 heteroatoms. The molecule has 0 saturated heterocycles. The summed E-state index contributed by atoms with van der Waals surface area (Å²) in [6, 6.07) is 14.3. The largest absolute Gasteiger partial charge is 0.483 e. The Labute approximate surface area is 151 Å². The molecule has 0 radical (unpaired) electrons. The van der Waals surface area contributed by atoms with Crippen LogP contribution in [0, 0.1) is 13.8 Å². The van der Waals surface area contributed by atoms with Crippen LogP contribution in [0.25, 0.3) is 0 Å². The number of nitrogens with one attached hydrogen (secondary N) is 3. The van der Waals surface area contributed by atoms with Gasteiger partial charge in [0.15, 0.2) is 11.7 Å². The second-order valence-corrected chi connectivity index (χ2v) is 5.72. The van der Waals surface area contributed by atoms with Crippen molar-refractivity contribution in [3.05, 3.63) is 65.2 Å². The Bertz CT molecular complexity index is 778. The molecule has 0 aliphatic rings. The Hall–Kier alpha value is -2.93. The summed E-state index contributed by atoms with van der Waals surface area (Å²) >= 11 is 4.97. The Kier molecular flexibility index (Phi) is 6.47. The molecule has 3 N–H and O–H groups in total. The Morgan fingerprint density at radius 1 is 1.00 bits per heavy atom. The maximum Gasteiger partial charge on any atom is 0.276 e. The van der Waals surface area contributed by atoms with Crippen molar-refractivity contribution in [3.63, 3.8) is 0 Å². The molecule has 0 aromatic heterocycles. The lowest BCUT2D eigenvalue weighted by molar-refractivity contribution is -0.123. The highest BCUT2D eigenvalue weighted by Gasteiger charge is 2.09. The first-order valence-corrected chi connectivity index (χ1v) is 8.02. The molecular formula is C18H19N3O3S. The lowest BCUT2D eigenvalue weighted by Gasteiger charge is -2.13. The van der Waals surface area contributed by atoms with Crippen LogP contribution in [-0.2, 0) is 4.79 Å². The lowest BCUT2D eigenvalue weighted by atomic mass is 10.1. The average Bonchev–Trinajstić information content (AvgIpc) is 2.62. The third-order valence-electron chi connectivity index (χ3n) is 3.49. The first kappa shape index (κ1) is 18.4. The van der Waals surface area contributed by atoms with Crippen molar-refractivity contribution in [2.75, 3.05) is 6.61 Å². The monoisotopic (exact) mass is 357 g/mol. The molecule has 0 aliphatic carbocycles. The van der Waals surface area contributed by atoms with E-state index in [9.17, 15) is 9.59 Å². The van der Waals surface area contributed by atoms with Gasteiger partial charge in [0, 0.05) is 5.56 Å². The van der Waals surface area contributed by atoms with Gasteiger partial charge in [-0.25, -0.2) is 0 Å². The van der Waals surface area contributed by atoms with E-state index in [2.05, 4.69) is 16.2 Å². The normalized spacial score (nSPS) is 9.84. The van der Waals surface area contributed by atoms with E-state index in [1.807, 2.05) is 32.0 Å².